The number of benzene rings is 1. The average molecular weight is 276 g/mol. The van der Waals surface area contributed by atoms with Crippen molar-refractivity contribution in [3.63, 3.8) is 0 Å². The first-order valence-electron chi connectivity index (χ1n) is 6.02. The Labute approximate surface area is 117 Å². The summed E-state index contributed by atoms with van der Waals surface area (Å²) in [5, 5.41) is 0. The van der Waals surface area contributed by atoms with E-state index in [1.165, 1.54) is 19.9 Å². The second kappa shape index (κ2) is 7.23. The number of Topliss-reactive ketones (excluding diaryl/α,β-unsaturated/α-hetero) is 1. The summed E-state index contributed by atoms with van der Waals surface area (Å²) in [6, 6.07) is 8.31. The molecule has 0 bridgehead atoms. The lowest BCUT2D eigenvalue weighted by atomic mass is 10.0. The Hall–Kier alpha value is -2.43. The lowest BCUT2D eigenvalue weighted by Gasteiger charge is -2.22. The number of rotatable bonds is 6. The van der Waals surface area contributed by atoms with E-state index in [0.29, 0.717) is 5.56 Å². The lowest BCUT2D eigenvalue weighted by molar-refractivity contribution is -0.158. The van der Waals surface area contributed by atoms with Crippen LogP contribution in [0.15, 0.2) is 43.0 Å². The largest absolute Gasteiger partial charge is 0.454 e. The molecule has 1 aromatic rings. The standard InChI is InChI=1S/C15H16O5/c1-4-13(19-10(2)16)15(20-11(3)17)14(18)12-8-6-5-7-9-12/h4-9,13,15H,1H2,2-3H3. The first-order valence-corrected chi connectivity index (χ1v) is 6.02. The van der Waals surface area contributed by atoms with E-state index in [1.807, 2.05) is 0 Å². The van der Waals surface area contributed by atoms with Crippen molar-refractivity contribution in [2.45, 2.75) is 26.1 Å². The number of ketones is 1. The number of carbonyl (C=O) groups excluding carboxylic acids is 3. The van der Waals surface area contributed by atoms with Crippen molar-refractivity contribution < 1.29 is 23.9 Å². The average Bonchev–Trinajstić information content (AvgIpc) is 2.42. The smallest absolute Gasteiger partial charge is 0.303 e. The third kappa shape index (κ3) is 4.35. The van der Waals surface area contributed by atoms with Crippen LogP contribution in [-0.2, 0) is 19.1 Å². The molecule has 106 valence electrons. The van der Waals surface area contributed by atoms with Gasteiger partial charge in [-0.25, -0.2) is 0 Å². The predicted molar refractivity (Wildman–Crippen MR) is 72.1 cm³/mol. The third-order valence-corrected chi connectivity index (χ3v) is 2.44. The van der Waals surface area contributed by atoms with E-state index in [4.69, 9.17) is 9.47 Å². The second-order valence-corrected chi connectivity index (χ2v) is 4.07. The minimum absolute atomic E-state index is 0.359. The minimum Gasteiger partial charge on any atom is -0.454 e. The maximum Gasteiger partial charge on any atom is 0.303 e. The molecule has 0 spiro atoms. The van der Waals surface area contributed by atoms with E-state index < -0.39 is 29.9 Å². The van der Waals surface area contributed by atoms with Gasteiger partial charge in [0, 0.05) is 19.4 Å². The number of carbonyl (C=O) groups is 3. The Bertz CT molecular complexity index is 506. The summed E-state index contributed by atoms with van der Waals surface area (Å²) < 4.78 is 9.93. The highest BCUT2D eigenvalue weighted by Gasteiger charge is 2.32. The van der Waals surface area contributed by atoms with Crippen molar-refractivity contribution in [3.05, 3.63) is 48.6 Å². The van der Waals surface area contributed by atoms with E-state index in [-0.39, 0.29) is 0 Å². The predicted octanol–water partition coefficient (Wildman–Crippen LogP) is 1.92. The first kappa shape index (κ1) is 15.6. The molecule has 5 heteroatoms. The molecule has 0 N–H and O–H groups in total. The molecular formula is C15H16O5. The summed E-state index contributed by atoms with van der Waals surface area (Å²) >= 11 is 0. The van der Waals surface area contributed by atoms with Gasteiger partial charge < -0.3 is 9.47 Å². The summed E-state index contributed by atoms with van der Waals surface area (Å²) in [5.74, 6) is -1.68. The highest BCUT2D eigenvalue weighted by atomic mass is 16.6. The zero-order valence-electron chi connectivity index (χ0n) is 11.4. The molecule has 2 unspecified atom stereocenters. The molecule has 0 aliphatic carbocycles. The fourth-order valence-corrected chi connectivity index (χ4v) is 1.64. The van der Waals surface area contributed by atoms with Gasteiger partial charge in [-0.05, 0) is 6.08 Å². The van der Waals surface area contributed by atoms with Crippen molar-refractivity contribution in [1.82, 2.24) is 0 Å². The third-order valence-electron chi connectivity index (χ3n) is 2.44. The van der Waals surface area contributed by atoms with Crippen LogP contribution in [0.5, 0.6) is 0 Å². The van der Waals surface area contributed by atoms with E-state index in [9.17, 15) is 14.4 Å². The van der Waals surface area contributed by atoms with Gasteiger partial charge in [0.2, 0.25) is 11.9 Å². The molecule has 0 heterocycles. The van der Waals surface area contributed by atoms with E-state index in [1.54, 1.807) is 30.3 Å². The Morgan fingerprint density at radius 2 is 1.60 bits per heavy atom. The van der Waals surface area contributed by atoms with Crippen LogP contribution in [0.2, 0.25) is 0 Å². The van der Waals surface area contributed by atoms with Gasteiger partial charge in [0.15, 0.2) is 6.10 Å². The monoisotopic (exact) mass is 276 g/mol. The minimum atomic E-state index is -1.24. The molecule has 20 heavy (non-hydrogen) atoms. The van der Waals surface area contributed by atoms with Crippen molar-refractivity contribution in [1.29, 1.82) is 0 Å². The highest BCUT2D eigenvalue weighted by molar-refractivity contribution is 6.01. The molecule has 1 aromatic carbocycles. The topological polar surface area (TPSA) is 69.7 Å². The maximum absolute atomic E-state index is 12.3. The number of ether oxygens (including phenoxy) is 2. The molecule has 2 atom stereocenters. The van der Waals surface area contributed by atoms with Crippen LogP contribution in [0.3, 0.4) is 0 Å². The number of hydrogen-bond acceptors (Lipinski definition) is 5. The Balaban J connectivity index is 3.04. The summed E-state index contributed by atoms with van der Waals surface area (Å²) in [6.45, 7) is 5.88. The molecule has 0 aliphatic heterocycles. The molecule has 0 aromatic heterocycles. The molecule has 0 saturated carbocycles. The van der Waals surface area contributed by atoms with Gasteiger partial charge >= 0.3 is 11.9 Å². The molecule has 0 radical (unpaired) electrons. The highest BCUT2D eigenvalue weighted by Crippen LogP contribution is 2.14. The van der Waals surface area contributed by atoms with Crippen LogP contribution >= 0.6 is 0 Å². The van der Waals surface area contributed by atoms with Crippen LogP contribution in [0.25, 0.3) is 0 Å². The zero-order valence-corrected chi connectivity index (χ0v) is 11.4. The molecule has 0 aliphatic rings. The van der Waals surface area contributed by atoms with E-state index >= 15 is 0 Å². The fourth-order valence-electron chi connectivity index (χ4n) is 1.64. The summed E-state index contributed by atoms with van der Waals surface area (Å²) in [6.07, 6.45) is -1.00. The van der Waals surface area contributed by atoms with Gasteiger partial charge in [-0.3, -0.25) is 14.4 Å². The second-order valence-electron chi connectivity index (χ2n) is 4.07. The van der Waals surface area contributed by atoms with Crippen LogP contribution in [-0.4, -0.2) is 29.9 Å². The van der Waals surface area contributed by atoms with E-state index in [2.05, 4.69) is 6.58 Å². The van der Waals surface area contributed by atoms with Gasteiger partial charge in [0.25, 0.3) is 0 Å². The van der Waals surface area contributed by atoms with Crippen LogP contribution in [0.4, 0.5) is 0 Å². The first-order chi connectivity index (χ1) is 9.45. The normalized spacial score (nSPS) is 12.9. The van der Waals surface area contributed by atoms with Gasteiger partial charge in [-0.2, -0.15) is 0 Å². The SMILES string of the molecule is C=CC(OC(C)=O)C(OC(C)=O)C(=O)c1ccccc1. The Kier molecular flexibility index (Phi) is 5.65. The summed E-state index contributed by atoms with van der Waals surface area (Å²) in [7, 11) is 0. The zero-order chi connectivity index (χ0) is 15.1. The Morgan fingerprint density at radius 1 is 1.05 bits per heavy atom. The number of hydrogen-bond donors (Lipinski definition) is 0. The molecule has 0 fully saturated rings. The fraction of sp³-hybridized carbons (Fsp3) is 0.267. The van der Waals surface area contributed by atoms with Crippen molar-refractivity contribution >= 4 is 17.7 Å². The van der Waals surface area contributed by atoms with Crippen LogP contribution < -0.4 is 0 Å². The summed E-state index contributed by atoms with van der Waals surface area (Å²) in [5.41, 5.74) is 0.359. The van der Waals surface area contributed by atoms with Gasteiger partial charge in [0.05, 0.1) is 0 Å². The van der Waals surface area contributed by atoms with Crippen molar-refractivity contribution in [2.24, 2.45) is 0 Å². The van der Waals surface area contributed by atoms with Gasteiger partial charge in [0.1, 0.15) is 0 Å². The molecule has 0 saturated heterocycles. The van der Waals surface area contributed by atoms with Crippen LogP contribution in [0, 0.1) is 0 Å². The molecule has 0 amide bonds. The van der Waals surface area contributed by atoms with E-state index in [0.717, 1.165) is 0 Å². The van der Waals surface area contributed by atoms with Crippen LogP contribution in [0.1, 0.15) is 24.2 Å². The maximum atomic E-state index is 12.3. The molecule has 5 nitrogen and oxygen atoms in total. The lowest BCUT2D eigenvalue weighted by Crippen LogP contribution is -2.39. The van der Waals surface area contributed by atoms with Gasteiger partial charge in [-0.15, -0.1) is 0 Å². The van der Waals surface area contributed by atoms with Gasteiger partial charge in [-0.1, -0.05) is 36.9 Å². The number of esters is 2. The summed E-state index contributed by atoms with van der Waals surface area (Å²) in [4.78, 5) is 34.5. The van der Waals surface area contributed by atoms with Crippen molar-refractivity contribution in [2.75, 3.05) is 0 Å². The molecule has 1 rings (SSSR count). The Morgan fingerprint density at radius 3 is 2.05 bits per heavy atom. The van der Waals surface area contributed by atoms with Crippen molar-refractivity contribution in [3.8, 4) is 0 Å². The quantitative estimate of drug-likeness (QED) is 0.451. The molecular weight excluding hydrogens is 260 g/mol.